The maximum atomic E-state index is 11.1. The van der Waals surface area contributed by atoms with E-state index in [0.29, 0.717) is 10.8 Å². The smallest absolute Gasteiger partial charge is 0.333 e. The Labute approximate surface area is 111 Å². The van der Waals surface area contributed by atoms with Gasteiger partial charge in [0.1, 0.15) is 25.1 Å². The van der Waals surface area contributed by atoms with Crippen LogP contribution in [-0.4, -0.2) is 30.4 Å². The summed E-state index contributed by atoms with van der Waals surface area (Å²) in [5.74, 6) is -0.0590. The Balaban J connectivity index is 2.33. The summed E-state index contributed by atoms with van der Waals surface area (Å²) in [6, 6.07) is 6.92. The molecule has 1 aromatic rings. The number of aliphatic hydroxyl groups excluding tert-OH is 1. The molecule has 1 atom stereocenters. The Morgan fingerprint density at radius 1 is 1.44 bits per heavy atom. The topological polar surface area (TPSA) is 55.8 Å². The number of ether oxygens (including phenoxy) is 2. The molecule has 1 rings (SSSR count). The van der Waals surface area contributed by atoms with Gasteiger partial charge in [-0.05, 0) is 19.1 Å². The van der Waals surface area contributed by atoms with Gasteiger partial charge in [-0.2, -0.15) is 0 Å². The van der Waals surface area contributed by atoms with Crippen molar-refractivity contribution in [2.24, 2.45) is 0 Å². The third-order valence-electron chi connectivity index (χ3n) is 2.02. The highest BCUT2D eigenvalue weighted by molar-refractivity contribution is 6.32. The molecule has 1 N–H and O–H groups in total. The Bertz CT molecular complexity index is 431. The highest BCUT2D eigenvalue weighted by atomic mass is 35.5. The normalized spacial score (nSPS) is 11.7. The van der Waals surface area contributed by atoms with Gasteiger partial charge in [0, 0.05) is 5.57 Å². The number of rotatable bonds is 6. The number of para-hydroxylation sites is 1. The zero-order chi connectivity index (χ0) is 13.5. The maximum absolute atomic E-state index is 11.1. The molecular weight excluding hydrogens is 256 g/mol. The van der Waals surface area contributed by atoms with E-state index in [2.05, 4.69) is 6.58 Å². The van der Waals surface area contributed by atoms with E-state index in [1.165, 1.54) is 6.92 Å². The predicted molar refractivity (Wildman–Crippen MR) is 68.7 cm³/mol. The van der Waals surface area contributed by atoms with Crippen molar-refractivity contribution >= 4 is 17.6 Å². The quantitative estimate of drug-likeness (QED) is 0.636. The zero-order valence-corrected chi connectivity index (χ0v) is 10.8. The first-order valence-corrected chi connectivity index (χ1v) is 5.76. The molecule has 0 aliphatic carbocycles. The SMILES string of the molecule is C=C(C)C(=O)OCC(O)COc1ccccc1Cl. The summed E-state index contributed by atoms with van der Waals surface area (Å²) in [5, 5.41) is 10.0. The molecule has 0 heterocycles. The number of carbonyl (C=O) groups excluding carboxylic acids is 1. The first-order chi connectivity index (χ1) is 8.50. The summed E-state index contributed by atoms with van der Waals surface area (Å²) in [5.41, 5.74) is 0.286. The fourth-order valence-electron chi connectivity index (χ4n) is 1.09. The number of benzene rings is 1. The molecule has 0 amide bonds. The van der Waals surface area contributed by atoms with Gasteiger partial charge in [0.15, 0.2) is 0 Å². The second-order valence-corrected chi connectivity index (χ2v) is 4.18. The summed E-state index contributed by atoms with van der Waals surface area (Å²) >= 11 is 5.87. The number of carbonyl (C=O) groups is 1. The molecule has 1 unspecified atom stereocenters. The van der Waals surface area contributed by atoms with E-state index in [4.69, 9.17) is 21.1 Å². The van der Waals surface area contributed by atoms with Crippen molar-refractivity contribution in [1.82, 2.24) is 0 Å². The Morgan fingerprint density at radius 2 is 2.11 bits per heavy atom. The van der Waals surface area contributed by atoms with E-state index in [-0.39, 0.29) is 18.8 Å². The molecule has 0 aliphatic heterocycles. The Kier molecular flexibility index (Phi) is 5.68. The maximum Gasteiger partial charge on any atom is 0.333 e. The first-order valence-electron chi connectivity index (χ1n) is 5.38. The summed E-state index contributed by atoms with van der Waals surface area (Å²) in [4.78, 5) is 11.1. The molecule has 4 nitrogen and oxygen atoms in total. The van der Waals surface area contributed by atoms with Crippen molar-refractivity contribution in [3.8, 4) is 5.75 Å². The summed E-state index contributed by atoms with van der Waals surface area (Å²) in [6.45, 7) is 4.82. The van der Waals surface area contributed by atoms with Gasteiger partial charge in [-0.1, -0.05) is 30.3 Å². The number of hydrogen-bond acceptors (Lipinski definition) is 4. The van der Waals surface area contributed by atoms with E-state index >= 15 is 0 Å². The van der Waals surface area contributed by atoms with Crippen LogP contribution in [0.1, 0.15) is 6.92 Å². The predicted octanol–water partition coefficient (Wildman–Crippen LogP) is 2.20. The molecular formula is C13H15ClO4. The third-order valence-corrected chi connectivity index (χ3v) is 2.34. The average Bonchev–Trinajstić information content (AvgIpc) is 2.34. The van der Waals surface area contributed by atoms with E-state index in [1.807, 2.05) is 0 Å². The second-order valence-electron chi connectivity index (χ2n) is 3.77. The first kappa shape index (κ1) is 14.5. The molecule has 0 saturated heterocycles. The average molecular weight is 271 g/mol. The van der Waals surface area contributed by atoms with Crippen LogP contribution >= 0.6 is 11.6 Å². The monoisotopic (exact) mass is 270 g/mol. The zero-order valence-electron chi connectivity index (χ0n) is 10.1. The molecule has 1 aromatic carbocycles. The van der Waals surface area contributed by atoms with Crippen molar-refractivity contribution in [1.29, 1.82) is 0 Å². The van der Waals surface area contributed by atoms with Crippen LogP contribution in [0.5, 0.6) is 5.75 Å². The van der Waals surface area contributed by atoms with Crippen molar-refractivity contribution < 1.29 is 19.4 Å². The molecule has 18 heavy (non-hydrogen) atoms. The number of aliphatic hydroxyl groups is 1. The van der Waals surface area contributed by atoms with Crippen LogP contribution in [0.15, 0.2) is 36.4 Å². The van der Waals surface area contributed by atoms with Gasteiger partial charge in [-0.3, -0.25) is 0 Å². The van der Waals surface area contributed by atoms with E-state index in [1.54, 1.807) is 24.3 Å². The van der Waals surface area contributed by atoms with Crippen molar-refractivity contribution in [2.75, 3.05) is 13.2 Å². The summed E-state index contributed by atoms with van der Waals surface area (Å²) < 4.78 is 10.1. The van der Waals surface area contributed by atoms with Crippen LogP contribution in [0.25, 0.3) is 0 Å². The van der Waals surface area contributed by atoms with Gasteiger partial charge in [-0.15, -0.1) is 0 Å². The minimum atomic E-state index is -0.912. The highest BCUT2D eigenvalue weighted by Gasteiger charge is 2.10. The van der Waals surface area contributed by atoms with Crippen molar-refractivity contribution in [3.63, 3.8) is 0 Å². The molecule has 0 saturated carbocycles. The van der Waals surface area contributed by atoms with Crippen molar-refractivity contribution in [2.45, 2.75) is 13.0 Å². The molecule has 0 fully saturated rings. The van der Waals surface area contributed by atoms with Crippen LogP contribution in [0.3, 0.4) is 0 Å². The van der Waals surface area contributed by atoms with Crippen LogP contribution < -0.4 is 4.74 Å². The molecule has 0 aliphatic rings. The number of esters is 1. The third kappa shape index (κ3) is 4.77. The van der Waals surface area contributed by atoms with Crippen molar-refractivity contribution in [3.05, 3.63) is 41.4 Å². The standard InChI is InChI=1S/C13H15ClO4/c1-9(2)13(16)18-8-10(15)7-17-12-6-4-3-5-11(12)14/h3-6,10,15H,1,7-8H2,2H3. The number of hydrogen-bond donors (Lipinski definition) is 1. The van der Waals surface area contributed by atoms with E-state index in [0.717, 1.165) is 0 Å². The lowest BCUT2D eigenvalue weighted by Gasteiger charge is -2.13. The van der Waals surface area contributed by atoms with E-state index in [9.17, 15) is 9.90 Å². The van der Waals surface area contributed by atoms with Crippen LogP contribution in [0.4, 0.5) is 0 Å². The lowest BCUT2D eigenvalue weighted by molar-refractivity contribution is -0.142. The van der Waals surface area contributed by atoms with Crippen LogP contribution in [-0.2, 0) is 9.53 Å². The van der Waals surface area contributed by atoms with Gasteiger partial charge in [-0.25, -0.2) is 4.79 Å². The summed E-state index contributed by atoms with van der Waals surface area (Å²) in [6.07, 6.45) is -0.912. The molecule has 0 spiro atoms. The lowest BCUT2D eigenvalue weighted by Crippen LogP contribution is -2.25. The Morgan fingerprint density at radius 3 is 2.72 bits per heavy atom. The second kappa shape index (κ2) is 7.03. The minimum Gasteiger partial charge on any atom is -0.489 e. The molecule has 98 valence electrons. The van der Waals surface area contributed by atoms with Gasteiger partial charge in [0.25, 0.3) is 0 Å². The molecule has 5 heteroatoms. The van der Waals surface area contributed by atoms with Gasteiger partial charge in [0.2, 0.25) is 0 Å². The molecule has 0 aromatic heterocycles. The summed E-state index contributed by atoms with van der Waals surface area (Å²) in [7, 11) is 0. The van der Waals surface area contributed by atoms with Gasteiger partial charge < -0.3 is 14.6 Å². The van der Waals surface area contributed by atoms with Crippen LogP contribution in [0.2, 0.25) is 5.02 Å². The molecule has 0 radical (unpaired) electrons. The molecule has 0 bridgehead atoms. The van der Waals surface area contributed by atoms with Gasteiger partial charge in [0.05, 0.1) is 5.02 Å². The van der Waals surface area contributed by atoms with E-state index < -0.39 is 12.1 Å². The lowest BCUT2D eigenvalue weighted by atomic mass is 10.3. The largest absolute Gasteiger partial charge is 0.489 e. The fraction of sp³-hybridized carbons (Fsp3) is 0.308. The highest BCUT2D eigenvalue weighted by Crippen LogP contribution is 2.23. The fourth-order valence-corrected chi connectivity index (χ4v) is 1.28. The minimum absolute atomic E-state index is 0.00674. The number of halogens is 1. The van der Waals surface area contributed by atoms with Gasteiger partial charge >= 0.3 is 5.97 Å². The van der Waals surface area contributed by atoms with Crippen LogP contribution in [0, 0.1) is 0 Å². The Hall–Kier alpha value is -1.52.